The van der Waals surface area contributed by atoms with Crippen molar-refractivity contribution < 1.29 is 4.79 Å². The summed E-state index contributed by atoms with van der Waals surface area (Å²) in [5, 5.41) is 7.23. The van der Waals surface area contributed by atoms with Gasteiger partial charge in [0.05, 0.1) is 0 Å². The summed E-state index contributed by atoms with van der Waals surface area (Å²) in [6, 6.07) is 11.1. The average Bonchev–Trinajstić information content (AvgIpc) is 2.83. The maximum atomic E-state index is 11.4. The molecule has 1 atom stereocenters. The molecular formula is C13H14N2OS. The molecule has 1 aromatic heterocycles. The predicted octanol–water partition coefficient (Wildman–Crippen LogP) is 2.06. The number of hydrogen-bond acceptors (Lipinski definition) is 3. The fraction of sp³-hybridized carbons (Fsp3) is 0.154. The van der Waals surface area contributed by atoms with Crippen molar-refractivity contribution in [1.82, 2.24) is 5.32 Å². The molecule has 3 nitrogen and oxygen atoms in total. The van der Waals surface area contributed by atoms with E-state index in [9.17, 15) is 4.79 Å². The van der Waals surface area contributed by atoms with Gasteiger partial charge in [0.1, 0.15) is 6.04 Å². The first kappa shape index (κ1) is 11.8. The van der Waals surface area contributed by atoms with Gasteiger partial charge in [-0.25, -0.2) is 0 Å². The van der Waals surface area contributed by atoms with Gasteiger partial charge in [0.25, 0.3) is 0 Å². The number of hydrogen-bond donors (Lipinski definition) is 2. The molecule has 0 saturated heterocycles. The number of nitrogens with one attached hydrogen (secondary N) is 1. The average molecular weight is 246 g/mol. The van der Waals surface area contributed by atoms with Gasteiger partial charge < -0.3 is 5.73 Å². The Labute approximate surface area is 104 Å². The zero-order valence-electron chi connectivity index (χ0n) is 9.30. The third-order valence-corrected chi connectivity index (χ3v) is 3.24. The molecule has 88 valence electrons. The summed E-state index contributed by atoms with van der Waals surface area (Å²) in [4.78, 5) is 11.4. The zero-order chi connectivity index (χ0) is 12.1. The van der Waals surface area contributed by atoms with Crippen LogP contribution >= 0.6 is 11.3 Å². The summed E-state index contributed by atoms with van der Waals surface area (Å²) in [7, 11) is 0. The van der Waals surface area contributed by atoms with E-state index in [1.807, 2.05) is 41.8 Å². The van der Waals surface area contributed by atoms with Crippen molar-refractivity contribution in [2.75, 3.05) is 0 Å². The molecule has 2 aromatic rings. The van der Waals surface area contributed by atoms with Gasteiger partial charge in [0.2, 0.25) is 5.91 Å². The lowest BCUT2D eigenvalue weighted by molar-refractivity contribution is -0.120. The Bertz CT molecular complexity index is 467. The van der Waals surface area contributed by atoms with Crippen LogP contribution in [0.3, 0.4) is 0 Å². The third kappa shape index (κ3) is 3.15. The number of amides is 1. The lowest BCUT2D eigenvalue weighted by Gasteiger charge is -2.15. The van der Waals surface area contributed by atoms with Gasteiger partial charge >= 0.3 is 0 Å². The van der Waals surface area contributed by atoms with Crippen molar-refractivity contribution >= 4 is 17.2 Å². The minimum absolute atomic E-state index is 0.355. The van der Waals surface area contributed by atoms with Crippen LogP contribution in [0.2, 0.25) is 0 Å². The van der Waals surface area contributed by atoms with E-state index in [1.54, 1.807) is 11.3 Å². The highest BCUT2D eigenvalue weighted by atomic mass is 32.1. The fourth-order valence-electron chi connectivity index (χ4n) is 1.64. The highest BCUT2D eigenvalue weighted by Gasteiger charge is 2.16. The standard InChI is InChI=1S/C13H14N2OS/c14-13(16)12(11-4-2-1-3-5-11)15-8-10-6-7-17-9-10/h1-7,9,12,15H,8H2,(H2,14,16). The minimum atomic E-state index is -0.434. The summed E-state index contributed by atoms with van der Waals surface area (Å²) in [5.41, 5.74) is 7.47. The number of primary amides is 1. The quantitative estimate of drug-likeness (QED) is 0.848. The van der Waals surface area contributed by atoms with Crippen molar-refractivity contribution in [2.24, 2.45) is 5.73 Å². The highest BCUT2D eigenvalue weighted by Crippen LogP contribution is 2.13. The Kier molecular flexibility index (Phi) is 3.90. The van der Waals surface area contributed by atoms with Crippen LogP contribution in [-0.4, -0.2) is 5.91 Å². The number of rotatable bonds is 5. The van der Waals surface area contributed by atoms with Crippen LogP contribution in [0.4, 0.5) is 0 Å². The topological polar surface area (TPSA) is 55.1 Å². The van der Waals surface area contributed by atoms with E-state index >= 15 is 0 Å². The number of carbonyl (C=O) groups is 1. The molecule has 0 aliphatic heterocycles. The van der Waals surface area contributed by atoms with Gasteiger partial charge in [-0.1, -0.05) is 30.3 Å². The molecule has 3 N–H and O–H groups in total. The second kappa shape index (κ2) is 5.61. The zero-order valence-corrected chi connectivity index (χ0v) is 10.1. The molecule has 0 spiro atoms. The van der Waals surface area contributed by atoms with Crippen LogP contribution in [0, 0.1) is 0 Å². The lowest BCUT2D eigenvalue weighted by Crippen LogP contribution is -2.33. The molecular weight excluding hydrogens is 232 g/mol. The SMILES string of the molecule is NC(=O)C(NCc1ccsc1)c1ccccc1. The third-order valence-electron chi connectivity index (χ3n) is 2.51. The van der Waals surface area contributed by atoms with Crippen molar-refractivity contribution in [1.29, 1.82) is 0 Å². The summed E-state index contributed by atoms with van der Waals surface area (Å²) in [6.07, 6.45) is 0. The number of nitrogens with two attached hydrogens (primary N) is 1. The molecule has 0 fully saturated rings. The largest absolute Gasteiger partial charge is 0.368 e. The van der Waals surface area contributed by atoms with E-state index in [4.69, 9.17) is 5.73 Å². The molecule has 0 aliphatic rings. The van der Waals surface area contributed by atoms with E-state index in [-0.39, 0.29) is 5.91 Å². The minimum Gasteiger partial charge on any atom is -0.368 e. The van der Waals surface area contributed by atoms with E-state index < -0.39 is 6.04 Å². The maximum Gasteiger partial charge on any atom is 0.239 e. The summed E-state index contributed by atoms with van der Waals surface area (Å²) >= 11 is 1.64. The summed E-state index contributed by atoms with van der Waals surface area (Å²) in [5.74, 6) is -0.355. The van der Waals surface area contributed by atoms with Crippen LogP contribution in [0.25, 0.3) is 0 Å². The van der Waals surface area contributed by atoms with E-state index in [0.717, 1.165) is 11.1 Å². The summed E-state index contributed by atoms with van der Waals surface area (Å²) in [6.45, 7) is 0.645. The van der Waals surface area contributed by atoms with Crippen LogP contribution in [0.5, 0.6) is 0 Å². The Morgan fingerprint density at radius 1 is 1.29 bits per heavy atom. The second-order valence-electron chi connectivity index (χ2n) is 3.76. The molecule has 0 bridgehead atoms. The van der Waals surface area contributed by atoms with Crippen molar-refractivity contribution in [3.63, 3.8) is 0 Å². The Hall–Kier alpha value is -1.65. The van der Waals surface area contributed by atoms with Crippen molar-refractivity contribution in [3.8, 4) is 0 Å². The van der Waals surface area contributed by atoms with E-state index in [1.165, 1.54) is 0 Å². The molecule has 4 heteroatoms. The highest BCUT2D eigenvalue weighted by molar-refractivity contribution is 7.07. The van der Waals surface area contributed by atoms with Gasteiger partial charge in [-0.2, -0.15) is 11.3 Å². The van der Waals surface area contributed by atoms with Crippen molar-refractivity contribution in [2.45, 2.75) is 12.6 Å². The number of thiophene rings is 1. The number of carbonyl (C=O) groups excluding carboxylic acids is 1. The van der Waals surface area contributed by atoms with Gasteiger partial charge in [0.15, 0.2) is 0 Å². The smallest absolute Gasteiger partial charge is 0.239 e. The Morgan fingerprint density at radius 2 is 2.06 bits per heavy atom. The van der Waals surface area contributed by atoms with Crippen molar-refractivity contribution in [3.05, 3.63) is 58.3 Å². The van der Waals surface area contributed by atoms with Crippen LogP contribution in [-0.2, 0) is 11.3 Å². The number of benzene rings is 1. The Morgan fingerprint density at radius 3 is 2.65 bits per heavy atom. The molecule has 1 aromatic carbocycles. The molecule has 0 radical (unpaired) electrons. The molecule has 1 unspecified atom stereocenters. The first-order valence-electron chi connectivity index (χ1n) is 5.36. The fourth-order valence-corrected chi connectivity index (χ4v) is 2.31. The monoisotopic (exact) mass is 246 g/mol. The molecule has 0 saturated carbocycles. The van der Waals surface area contributed by atoms with E-state index in [2.05, 4.69) is 10.7 Å². The van der Waals surface area contributed by atoms with Crippen LogP contribution in [0.1, 0.15) is 17.2 Å². The maximum absolute atomic E-state index is 11.4. The first-order chi connectivity index (χ1) is 8.27. The Balaban J connectivity index is 2.06. The van der Waals surface area contributed by atoms with Gasteiger partial charge in [0, 0.05) is 6.54 Å². The molecule has 2 rings (SSSR count). The normalized spacial score (nSPS) is 12.2. The van der Waals surface area contributed by atoms with Crippen LogP contribution in [0.15, 0.2) is 47.2 Å². The lowest BCUT2D eigenvalue weighted by atomic mass is 10.1. The van der Waals surface area contributed by atoms with Gasteiger partial charge in [-0.15, -0.1) is 0 Å². The predicted molar refractivity (Wildman–Crippen MR) is 69.5 cm³/mol. The second-order valence-corrected chi connectivity index (χ2v) is 4.54. The molecule has 1 amide bonds. The van der Waals surface area contributed by atoms with E-state index in [0.29, 0.717) is 6.54 Å². The first-order valence-corrected chi connectivity index (χ1v) is 6.30. The molecule has 0 aliphatic carbocycles. The van der Waals surface area contributed by atoms with Crippen LogP contribution < -0.4 is 11.1 Å². The summed E-state index contributed by atoms with van der Waals surface area (Å²) < 4.78 is 0. The van der Waals surface area contributed by atoms with Gasteiger partial charge in [-0.3, -0.25) is 10.1 Å². The molecule has 17 heavy (non-hydrogen) atoms. The van der Waals surface area contributed by atoms with Gasteiger partial charge in [-0.05, 0) is 28.0 Å². The molecule has 1 heterocycles.